The van der Waals surface area contributed by atoms with Gasteiger partial charge in [0.25, 0.3) is 0 Å². The first-order valence-corrected chi connectivity index (χ1v) is 8.29. The lowest BCUT2D eigenvalue weighted by Crippen LogP contribution is -2.50. The summed E-state index contributed by atoms with van der Waals surface area (Å²) in [6, 6.07) is 0.233. The largest absolute Gasteiger partial charge is 0.465 e. The third kappa shape index (κ3) is 3.34. The molecule has 2 fully saturated rings. The summed E-state index contributed by atoms with van der Waals surface area (Å²) < 4.78 is 5.23. The average Bonchev–Trinajstić information content (AvgIpc) is 2.89. The van der Waals surface area contributed by atoms with Gasteiger partial charge in [0, 0.05) is 12.0 Å². The van der Waals surface area contributed by atoms with Crippen LogP contribution >= 0.6 is 0 Å². The minimum absolute atomic E-state index is 0.0906. The Hall–Kier alpha value is -0.610. The Morgan fingerprint density at radius 2 is 2.00 bits per heavy atom. The molecule has 0 spiro atoms. The number of esters is 1. The lowest BCUT2D eigenvalue weighted by Gasteiger charge is -2.39. The summed E-state index contributed by atoms with van der Waals surface area (Å²) in [6.45, 7) is 5.32. The highest BCUT2D eigenvalue weighted by Gasteiger charge is 2.41. The molecule has 0 radical (unpaired) electrons. The van der Waals surface area contributed by atoms with E-state index >= 15 is 0 Å². The van der Waals surface area contributed by atoms with E-state index in [2.05, 4.69) is 4.90 Å². The molecular formula is C16H29NO3. The van der Waals surface area contributed by atoms with Gasteiger partial charge in [-0.2, -0.15) is 0 Å². The molecule has 4 heteroatoms. The van der Waals surface area contributed by atoms with Gasteiger partial charge >= 0.3 is 5.97 Å². The Bertz CT molecular complexity index is 321. The Labute approximate surface area is 122 Å². The fraction of sp³-hybridized carbons (Fsp3) is 0.938. The minimum Gasteiger partial charge on any atom is -0.465 e. The van der Waals surface area contributed by atoms with Gasteiger partial charge in [-0.05, 0) is 45.6 Å². The molecule has 1 saturated heterocycles. The molecule has 0 bridgehead atoms. The van der Waals surface area contributed by atoms with Crippen molar-refractivity contribution < 1.29 is 14.6 Å². The second-order valence-corrected chi connectivity index (χ2v) is 6.14. The number of likely N-dealkylation sites (tertiary alicyclic amines) is 1. The summed E-state index contributed by atoms with van der Waals surface area (Å²) >= 11 is 0. The predicted octanol–water partition coefficient (Wildman–Crippen LogP) is 2.34. The minimum atomic E-state index is -0.186. The van der Waals surface area contributed by atoms with Crippen LogP contribution < -0.4 is 0 Å². The quantitative estimate of drug-likeness (QED) is 0.787. The van der Waals surface area contributed by atoms with E-state index < -0.39 is 0 Å². The highest BCUT2D eigenvalue weighted by molar-refractivity contribution is 5.75. The summed E-state index contributed by atoms with van der Waals surface area (Å²) in [5.41, 5.74) is 0. The number of ether oxygens (including phenoxy) is 1. The number of hydrogen-bond donors (Lipinski definition) is 1. The van der Waals surface area contributed by atoms with Gasteiger partial charge in [0.05, 0.1) is 12.7 Å². The number of carbonyl (C=O) groups excluding carboxylic acids is 1. The van der Waals surface area contributed by atoms with E-state index in [-0.39, 0.29) is 18.1 Å². The summed E-state index contributed by atoms with van der Waals surface area (Å²) in [4.78, 5) is 14.5. The van der Waals surface area contributed by atoms with E-state index in [1.807, 2.05) is 13.8 Å². The van der Waals surface area contributed by atoms with Crippen molar-refractivity contribution in [1.82, 2.24) is 4.90 Å². The van der Waals surface area contributed by atoms with Crippen molar-refractivity contribution in [2.75, 3.05) is 13.2 Å². The van der Waals surface area contributed by atoms with Crippen molar-refractivity contribution in [3.05, 3.63) is 0 Å². The second kappa shape index (κ2) is 7.41. The second-order valence-electron chi connectivity index (χ2n) is 6.14. The van der Waals surface area contributed by atoms with Crippen LogP contribution in [-0.4, -0.2) is 47.3 Å². The van der Waals surface area contributed by atoms with Crippen LogP contribution in [-0.2, 0) is 9.53 Å². The number of nitrogens with zero attached hydrogens (tertiary/aromatic N) is 1. The highest BCUT2D eigenvalue weighted by Crippen LogP contribution is 2.36. The third-order valence-corrected chi connectivity index (χ3v) is 4.96. The van der Waals surface area contributed by atoms with Crippen molar-refractivity contribution in [2.45, 2.75) is 77.0 Å². The van der Waals surface area contributed by atoms with Crippen molar-refractivity contribution >= 4 is 5.97 Å². The molecule has 20 heavy (non-hydrogen) atoms. The maximum Gasteiger partial charge on any atom is 0.323 e. The van der Waals surface area contributed by atoms with Crippen molar-refractivity contribution in [2.24, 2.45) is 5.92 Å². The van der Waals surface area contributed by atoms with Gasteiger partial charge in [-0.1, -0.05) is 19.8 Å². The lowest BCUT2D eigenvalue weighted by molar-refractivity contribution is -0.151. The number of aliphatic hydroxyl groups excluding tert-OH is 1. The number of hydrogen-bond acceptors (Lipinski definition) is 4. The molecule has 1 N–H and O–H groups in total. The maximum atomic E-state index is 12.1. The molecule has 1 aliphatic heterocycles. The van der Waals surface area contributed by atoms with Crippen molar-refractivity contribution in [3.63, 3.8) is 0 Å². The van der Waals surface area contributed by atoms with Crippen LogP contribution in [0.15, 0.2) is 0 Å². The fourth-order valence-corrected chi connectivity index (χ4v) is 4.03. The summed E-state index contributed by atoms with van der Waals surface area (Å²) in [7, 11) is 0. The molecule has 116 valence electrons. The first-order valence-electron chi connectivity index (χ1n) is 8.29. The van der Waals surface area contributed by atoms with Crippen LogP contribution in [0.2, 0.25) is 0 Å². The zero-order chi connectivity index (χ0) is 14.5. The summed E-state index contributed by atoms with van der Waals surface area (Å²) in [6.07, 6.45) is 7.21. The third-order valence-electron chi connectivity index (χ3n) is 4.96. The molecule has 0 aromatic heterocycles. The molecule has 4 nitrogen and oxygen atoms in total. The normalized spacial score (nSPS) is 33.0. The van der Waals surface area contributed by atoms with Gasteiger partial charge < -0.3 is 9.84 Å². The van der Waals surface area contributed by atoms with E-state index in [0.29, 0.717) is 18.6 Å². The van der Waals surface area contributed by atoms with Gasteiger partial charge in [0.2, 0.25) is 0 Å². The van der Waals surface area contributed by atoms with Crippen LogP contribution in [0.3, 0.4) is 0 Å². The lowest BCUT2D eigenvalue weighted by atomic mass is 9.80. The Morgan fingerprint density at radius 3 is 2.65 bits per heavy atom. The van der Waals surface area contributed by atoms with E-state index in [0.717, 1.165) is 45.1 Å². The van der Waals surface area contributed by atoms with E-state index in [4.69, 9.17) is 4.74 Å². The van der Waals surface area contributed by atoms with Crippen LogP contribution in [0.4, 0.5) is 0 Å². The summed E-state index contributed by atoms with van der Waals surface area (Å²) in [5.74, 6) is 0.252. The van der Waals surface area contributed by atoms with Crippen LogP contribution in [0.25, 0.3) is 0 Å². The molecule has 4 atom stereocenters. The summed E-state index contributed by atoms with van der Waals surface area (Å²) in [5, 5.41) is 10.3. The standard InChI is InChI=1S/C16H29NO3/c1-3-13(16(19)20-4-2)17-11-7-9-14(17)12-8-5-6-10-15(12)18/h12-15,18H,3-11H2,1-2H3. The predicted molar refractivity (Wildman–Crippen MR) is 78.4 cm³/mol. The van der Waals surface area contributed by atoms with Crippen molar-refractivity contribution in [3.8, 4) is 0 Å². The van der Waals surface area contributed by atoms with E-state index in [1.54, 1.807) is 0 Å². The molecule has 0 aromatic rings. The van der Waals surface area contributed by atoms with Crippen LogP contribution in [0, 0.1) is 5.92 Å². The van der Waals surface area contributed by atoms with Gasteiger partial charge in [-0.3, -0.25) is 9.69 Å². The fourth-order valence-electron chi connectivity index (χ4n) is 4.03. The highest BCUT2D eigenvalue weighted by atomic mass is 16.5. The molecule has 1 heterocycles. The number of rotatable bonds is 5. The van der Waals surface area contributed by atoms with E-state index in [9.17, 15) is 9.90 Å². The Kier molecular flexibility index (Phi) is 5.85. The molecular weight excluding hydrogens is 254 g/mol. The molecule has 2 aliphatic rings. The zero-order valence-electron chi connectivity index (χ0n) is 12.9. The molecule has 0 aromatic carbocycles. The SMILES string of the molecule is CCOC(=O)C(CC)N1CCCC1C1CCCCC1O. The molecule has 1 saturated carbocycles. The average molecular weight is 283 g/mol. The van der Waals surface area contributed by atoms with Gasteiger partial charge in [0.15, 0.2) is 0 Å². The molecule has 2 rings (SSSR count). The van der Waals surface area contributed by atoms with Gasteiger partial charge in [-0.15, -0.1) is 0 Å². The first-order chi connectivity index (χ1) is 9.69. The van der Waals surface area contributed by atoms with E-state index in [1.165, 1.54) is 6.42 Å². The number of aliphatic hydroxyl groups is 1. The van der Waals surface area contributed by atoms with Crippen molar-refractivity contribution in [1.29, 1.82) is 0 Å². The zero-order valence-corrected chi connectivity index (χ0v) is 12.9. The Balaban J connectivity index is 2.06. The van der Waals surface area contributed by atoms with Gasteiger partial charge in [0.1, 0.15) is 6.04 Å². The first kappa shape index (κ1) is 15.8. The van der Waals surface area contributed by atoms with Gasteiger partial charge in [-0.25, -0.2) is 0 Å². The van der Waals surface area contributed by atoms with Crippen LogP contribution in [0.1, 0.15) is 58.8 Å². The maximum absolute atomic E-state index is 12.1. The molecule has 0 amide bonds. The Morgan fingerprint density at radius 1 is 1.25 bits per heavy atom. The monoisotopic (exact) mass is 283 g/mol. The molecule has 1 aliphatic carbocycles. The van der Waals surface area contributed by atoms with Crippen LogP contribution in [0.5, 0.6) is 0 Å². The smallest absolute Gasteiger partial charge is 0.323 e. The molecule has 4 unspecified atom stereocenters. The number of carbonyl (C=O) groups is 1. The topological polar surface area (TPSA) is 49.8 Å².